The van der Waals surface area contributed by atoms with Gasteiger partial charge in [-0.15, -0.1) is 0 Å². The molecule has 4 aromatic rings. The van der Waals surface area contributed by atoms with Crippen LogP contribution in [-0.2, 0) is 13.5 Å². The van der Waals surface area contributed by atoms with Crippen molar-refractivity contribution >= 4 is 16.9 Å². The van der Waals surface area contributed by atoms with E-state index in [4.69, 9.17) is 0 Å². The molecule has 4 rings (SSSR count). The Labute approximate surface area is 151 Å². The van der Waals surface area contributed by atoms with Crippen molar-refractivity contribution in [2.75, 3.05) is 5.32 Å². The third-order valence-electron chi connectivity index (χ3n) is 4.33. The van der Waals surface area contributed by atoms with Gasteiger partial charge in [0.1, 0.15) is 12.1 Å². The van der Waals surface area contributed by atoms with E-state index >= 15 is 0 Å². The largest absolute Gasteiger partial charge is 0.367 e. The van der Waals surface area contributed by atoms with Gasteiger partial charge in [0.25, 0.3) is 0 Å². The van der Waals surface area contributed by atoms with Crippen molar-refractivity contribution in [1.29, 1.82) is 0 Å². The number of aromatic nitrogens is 6. The maximum Gasteiger partial charge on any atom is 0.163 e. The Kier molecular flexibility index (Phi) is 4.12. The number of para-hydroxylation sites is 1. The second-order valence-electron chi connectivity index (χ2n) is 6.50. The molecule has 26 heavy (non-hydrogen) atoms. The molecule has 1 atom stereocenters. The Bertz CT molecular complexity index is 1030. The zero-order valence-electron chi connectivity index (χ0n) is 15.1. The summed E-state index contributed by atoms with van der Waals surface area (Å²) in [7, 11) is 1.88. The molecule has 3 heterocycles. The molecule has 132 valence electrons. The number of nitrogens with one attached hydrogen (secondary N) is 1. The van der Waals surface area contributed by atoms with Crippen molar-refractivity contribution in [3.05, 3.63) is 60.3 Å². The highest BCUT2D eigenvalue weighted by Crippen LogP contribution is 2.20. The molecule has 0 spiro atoms. The first-order valence-electron chi connectivity index (χ1n) is 8.62. The number of aryl methyl sites for hydroxylation is 2. The summed E-state index contributed by atoms with van der Waals surface area (Å²) in [5.74, 6) is 0.804. The average Bonchev–Trinajstić information content (AvgIpc) is 3.19. The third-order valence-corrected chi connectivity index (χ3v) is 4.33. The summed E-state index contributed by atoms with van der Waals surface area (Å²) in [4.78, 5) is 8.67. The van der Waals surface area contributed by atoms with Crippen LogP contribution in [0, 0.1) is 6.92 Å². The van der Waals surface area contributed by atoms with Gasteiger partial charge in [-0.1, -0.05) is 18.2 Å². The molecule has 7 nitrogen and oxygen atoms in total. The fourth-order valence-corrected chi connectivity index (χ4v) is 3.17. The molecule has 0 radical (unpaired) electrons. The zero-order valence-corrected chi connectivity index (χ0v) is 15.1. The summed E-state index contributed by atoms with van der Waals surface area (Å²) in [5.41, 5.74) is 4.05. The lowest BCUT2D eigenvalue weighted by atomic mass is 10.1. The van der Waals surface area contributed by atoms with E-state index in [-0.39, 0.29) is 6.04 Å². The van der Waals surface area contributed by atoms with Crippen molar-refractivity contribution in [2.45, 2.75) is 26.3 Å². The first kappa shape index (κ1) is 16.3. The lowest BCUT2D eigenvalue weighted by Gasteiger charge is -2.16. The molecule has 0 aliphatic carbocycles. The van der Waals surface area contributed by atoms with E-state index < -0.39 is 0 Å². The van der Waals surface area contributed by atoms with Gasteiger partial charge >= 0.3 is 0 Å². The summed E-state index contributed by atoms with van der Waals surface area (Å²) in [6.45, 7) is 4.16. The van der Waals surface area contributed by atoms with Crippen LogP contribution >= 0.6 is 0 Å². The SMILES string of the molecule is Cc1cc(CC(C)Nc2ncnc3c2cnn3C)n(-c2ccccc2)n1. The number of rotatable bonds is 5. The molecule has 0 amide bonds. The highest BCUT2D eigenvalue weighted by Gasteiger charge is 2.14. The predicted octanol–water partition coefficient (Wildman–Crippen LogP) is 2.90. The van der Waals surface area contributed by atoms with Gasteiger partial charge in [-0.2, -0.15) is 10.2 Å². The van der Waals surface area contributed by atoms with Crippen molar-refractivity contribution in [3.8, 4) is 5.69 Å². The van der Waals surface area contributed by atoms with Crippen LogP contribution in [0.15, 0.2) is 48.9 Å². The minimum absolute atomic E-state index is 0.173. The summed E-state index contributed by atoms with van der Waals surface area (Å²) in [6.07, 6.45) is 4.18. The van der Waals surface area contributed by atoms with Crippen molar-refractivity contribution < 1.29 is 0 Å². The van der Waals surface area contributed by atoms with E-state index in [1.54, 1.807) is 17.2 Å². The molecule has 0 aliphatic rings. The quantitative estimate of drug-likeness (QED) is 0.601. The highest BCUT2D eigenvalue weighted by atomic mass is 15.3. The topological polar surface area (TPSA) is 73.5 Å². The number of hydrogen-bond donors (Lipinski definition) is 1. The van der Waals surface area contributed by atoms with Crippen LogP contribution < -0.4 is 5.32 Å². The molecular formula is C19H21N7. The number of fused-ring (bicyclic) bond motifs is 1. The third kappa shape index (κ3) is 3.03. The molecule has 1 N–H and O–H groups in total. The maximum atomic E-state index is 4.64. The van der Waals surface area contributed by atoms with Gasteiger partial charge < -0.3 is 5.32 Å². The second kappa shape index (κ2) is 6.59. The van der Waals surface area contributed by atoms with Gasteiger partial charge in [0.15, 0.2) is 5.65 Å². The molecule has 0 bridgehead atoms. The Balaban J connectivity index is 1.58. The van der Waals surface area contributed by atoms with Gasteiger partial charge in [-0.3, -0.25) is 4.68 Å². The maximum absolute atomic E-state index is 4.64. The number of hydrogen-bond acceptors (Lipinski definition) is 5. The van der Waals surface area contributed by atoms with Crippen LogP contribution in [0.3, 0.4) is 0 Å². The molecule has 1 unspecified atom stereocenters. The Morgan fingerprint density at radius 2 is 1.96 bits per heavy atom. The van der Waals surface area contributed by atoms with Gasteiger partial charge in [0.05, 0.1) is 23.0 Å². The van der Waals surface area contributed by atoms with Crippen LogP contribution in [0.4, 0.5) is 5.82 Å². The summed E-state index contributed by atoms with van der Waals surface area (Å²) in [6, 6.07) is 12.5. The summed E-state index contributed by atoms with van der Waals surface area (Å²) in [5, 5.41) is 13.3. The molecule has 0 fully saturated rings. The Morgan fingerprint density at radius 1 is 1.15 bits per heavy atom. The van der Waals surface area contributed by atoms with E-state index in [1.807, 2.05) is 36.9 Å². The smallest absolute Gasteiger partial charge is 0.163 e. The molecule has 7 heteroatoms. The second-order valence-corrected chi connectivity index (χ2v) is 6.50. The van der Waals surface area contributed by atoms with Crippen molar-refractivity contribution in [3.63, 3.8) is 0 Å². The fraction of sp³-hybridized carbons (Fsp3) is 0.263. The molecule has 3 aromatic heterocycles. The van der Waals surface area contributed by atoms with Crippen LogP contribution in [-0.4, -0.2) is 35.6 Å². The van der Waals surface area contributed by atoms with E-state index in [2.05, 4.69) is 50.6 Å². The normalized spacial score (nSPS) is 12.4. The van der Waals surface area contributed by atoms with Gasteiger partial charge in [0.2, 0.25) is 0 Å². The lowest BCUT2D eigenvalue weighted by molar-refractivity contribution is 0.717. The molecule has 0 saturated heterocycles. The van der Waals surface area contributed by atoms with Gasteiger partial charge in [-0.05, 0) is 32.0 Å². The average molecular weight is 347 g/mol. The van der Waals surface area contributed by atoms with E-state index in [1.165, 1.54) is 0 Å². The highest BCUT2D eigenvalue weighted by molar-refractivity contribution is 5.86. The number of benzene rings is 1. The Hall–Kier alpha value is -3.22. The lowest BCUT2D eigenvalue weighted by Crippen LogP contribution is -2.21. The standard InChI is InChI=1S/C19H21N7/c1-13(23-18-17-11-22-25(3)19(17)21-12-20-18)9-16-10-14(2)24-26(16)15-7-5-4-6-8-15/h4-8,10-13H,9H2,1-3H3,(H,20,21,23). The van der Waals surface area contributed by atoms with Crippen LogP contribution in [0.25, 0.3) is 16.7 Å². The molecular weight excluding hydrogens is 326 g/mol. The fourth-order valence-electron chi connectivity index (χ4n) is 3.17. The monoisotopic (exact) mass is 347 g/mol. The van der Waals surface area contributed by atoms with Crippen molar-refractivity contribution in [1.82, 2.24) is 29.5 Å². The minimum Gasteiger partial charge on any atom is -0.367 e. The van der Waals surface area contributed by atoms with Crippen LogP contribution in [0.5, 0.6) is 0 Å². The Morgan fingerprint density at radius 3 is 2.77 bits per heavy atom. The first-order chi connectivity index (χ1) is 12.6. The van der Waals surface area contributed by atoms with E-state index in [9.17, 15) is 0 Å². The number of anilines is 1. The predicted molar refractivity (Wildman–Crippen MR) is 101 cm³/mol. The zero-order chi connectivity index (χ0) is 18.1. The first-order valence-corrected chi connectivity index (χ1v) is 8.62. The van der Waals surface area contributed by atoms with E-state index in [0.717, 1.165) is 40.3 Å². The van der Waals surface area contributed by atoms with Crippen LogP contribution in [0.1, 0.15) is 18.3 Å². The summed E-state index contributed by atoms with van der Waals surface area (Å²) < 4.78 is 3.76. The number of nitrogens with zero attached hydrogens (tertiary/aromatic N) is 6. The van der Waals surface area contributed by atoms with Crippen LogP contribution in [0.2, 0.25) is 0 Å². The molecule has 0 aliphatic heterocycles. The minimum atomic E-state index is 0.173. The van der Waals surface area contributed by atoms with E-state index in [0.29, 0.717) is 0 Å². The summed E-state index contributed by atoms with van der Waals surface area (Å²) >= 11 is 0. The van der Waals surface area contributed by atoms with Gasteiger partial charge in [0, 0.05) is 25.2 Å². The van der Waals surface area contributed by atoms with Gasteiger partial charge in [-0.25, -0.2) is 14.6 Å². The molecule has 1 aromatic carbocycles. The molecule has 0 saturated carbocycles. The van der Waals surface area contributed by atoms with Crippen molar-refractivity contribution in [2.24, 2.45) is 7.05 Å².